The first kappa shape index (κ1) is 5.57. The van der Waals surface area contributed by atoms with E-state index in [1.165, 1.54) is 0 Å². The molecule has 0 aromatic carbocycles. The van der Waals surface area contributed by atoms with Gasteiger partial charge >= 0.3 is 0 Å². The van der Waals surface area contributed by atoms with E-state index in [2.05, 4.69) is 33.5 Å². The van der Waals surface area contributed by atoms with Gasteiger partial charge < -0.3 is 0 Å². The third-order valence-electron chi connectivity index (χ3n) is 0.162. The zero-order chi connectivity index (χ0) is 4.28. The van der Waals surface area contributed by atoms with Gasteiger partial charge in [0.05, 0.1) is 0 Å². The van der Waals surface area contributed by atoms with Gasteiger partial charge in [-0.1, -0.05) is 28.1 Å². The van der Waals surface area contributed by atoms with Crippen LogP contribution in [0.4, 0.5) is 0 Å². The summed E-state index contributed by atoms with van der Waals surface area (Å²) in [6.07, 6.45) is 0. The molecule has 29 valence electrons. The van der Waals surface area contributed by atoms with Crippen LogP contribution in [0, 0.1) is 0 Å². The summed E-state index contributed by atoms with van der Waals surface area (Å²) in [5, 5.41) is 2.53. The number of rotatable bonds is 1. The molecule has 0 nitrogen and oxygen atoms in total. The Labute approximate surface area is 45.7 Å². The topological polar surface area (TPSA) is 0 Å². The molecule has 0 aromatic rings. The maximum Gasteiger partial charge on any atom is 0.0480 e. The van der Waals surface area contributed by atoms with Crippen LogP contribution in [0.2, 0.25) is 0 Å². The van der Waals surface area contributed by atoms with E-state index < -0.39 is 0 Å². The largest absolute Gasteiger partial charge is 0.0832 e. The maximum absolute atomic E-state index is 4.38. The molecule has 5 heavy (non-hydrogen) atoms. The molecule has 2 heteroatoms. The lowest BCUT2D eigenvalue weighted by Gasteiger charge is -1.78. The molecule has 0 bridgehead atoms. The van der Waals surface area contributed by atoms with E-state index in [9.17, 15) is 0 Å². The Morgan fingerprint density at radius 3 is 2.20 bits per heavy atom. The molecule has 0 aliphatic rings. The fourth-order valence-corrected chi connectivity index (χ4v) is 0. The molecule has 0 rings (SSSR count). The molecule has 0 aromatic heterocycles. The van der Waals surface area contributed by atoms with Gasteiger partial charge in [-0.2, -0.15) is 0 Å². The fraction of sp³-hybridized carbons (Fsp3) is 0.667. The van der Waals surface area contributed by atoms with Crippen molar-refractivity contribution in [3.8, 4) is 0 Å². The summed E-state index contributed by atoms with van der Waals surface area (Å²) in [4.78, 5) is 0.262. The Kier molecular flexibility index (Phi) is 3.11. The summed E-state index contributed by atoms with van der Waals surface area (Å²) >= 11 is 7.54. The molecule has 0 amide bonds. The van der Waals surface area contributed by atoms with Gasteiger partial charge in [-0.3, -0.25) is 0 Å². The Bertz CT molecular complexity index is 33.9. The van der Waals surface area contributed by atoms with Crippen molar-refractivity contribution in [3.63, 3.8) is 0 Å². The number of halogens is 1. The molecule has 1 atom stereocenters. The summed E-state index contributed by atoms with van der Waals surface area (Å²) in [7, 11) is 0. The molecule has 1 radical (unpaired) electrons. The van der Waals surface area contributed by atoms with Crippen LogP contribution in [0.3, 0.4) is 0 Å². The average molecular weight is 152 g/mol. The van der Waals surface area contributed by atoms with Crippen molar-refractivity contribution in [1.29, 1.82) is 0 Å². The minimum absolute atomic E-state index is 0.262. The molecule has 0 heterocycles. The second-order valence-corrected chi connectivity index (χ2v) is 2.34. The molecule has 0 aliphatic heterocycles. The second-order valence-electron chi connectivity index (χ2n) is 0.734. The van der Waals surface area contributed by atoms with Gasteiger partial charge in [0, 0.05) is 10.2 Å². The number of alkyl halides is 1. The Morgan fingerprint density at radius 1 is 2.00 bits per heavy atom. The van der Waals surface area contributed by atoms with Crippen LogP contribution < -0.4 is 0 Å². The van der Waals surface area contributed by atoms with Gasteiger partial charge in [-0.05, 0) is 6.92 Å². The third kappa shape index (κ3) is 4.57. The molecule has 0 fully saturated rings. The van der Waals surface area contributed by atoms with E-state index in [0.717, 1.165) is 0 Å². The average Bonchev–Trinajstić information content (AvgIpc) is 1.38. The minimum atomic E-state index is 0.262. The molecular weight excluding hydrogens is 148 g/mol. The zero-order valence-corrected chi connectivity index (χ0v) is 5.27. The van der Waals surface area contributed by atoms with Crippen LogP contribution >= 0.6 is 28.1 Å². The molecule has 0 aliphatic carbocycles. The van der Waals surface area contributed by atoms with E-state index in [0.29, 0.717) is 0 Å². The molecule has 0 spiro atoms. The van der Waals surface area contributed by atoms with Crippen molar-refractivity contribution in [2.45, 2.75) is 11.8 Å². The Hall–Kier alpha value is 0.570. The predicted octanol–water partition coefficient (Wildman–Crippen LogP) is 1.65. The standard InChI is InChI=1S/C3H4BrS/c1-3(4)2-5/h3H,1H3. The van der Waals surface area contributed by atoms with E-state index in [-0.39, 0.29) is 4.83 Å². The molecule has 1 unspecified atom stereocenters. The first-order valence-corrected chi connectivity index (χ1v) is 2.61. The van der Waals surface area contributed by atoms with Crippen molar-refractivity contribution in [2.75, 3.05) is 0 Å². The van der Waals surface area contributed by atoms with Crippen molar-refractivity contribution in [2.24, 2.45) is 0 Å². The second kappa shape index (κ2) is 2.79. The van der Waals surface area contributed by atoms with E-state index in [4.69, 9.17) is 0 Å². The van der Waals surface area contributed by atoms with Gasteiger partial charge in [-0.15, -0.1) is 0 Å². The third-order valence-corrected chi connectivity index (χ3v) is 1.05. The molecular formula is C3H4BrS. The number of hydrogen-bond acceptors (Lipinski definition) is 1. The van der Waals surface area contributed by atoms with Crippen LogP contribution in [-0.2, 0) is 0 Å². The molecule has 0 saturated carbocycles. The normalized spacial score (nSPS) is 14.0. The minimum Gasteiger partial charge on any atom is -0.0832 e. The molecule has 0 N–H and O–H groups in total. The predicted molar refractivity (Wildman–Crippen MR) is 31.0 cm³/mol. The maximum atomic E-state index is 4.38. The monoisotopic (exact) mass is 151 g/mol. The van der Waals surface area contributed by atoms with Crippen LogP contribution in [-0.4, -0.2) is 10.2 Å². The number of hydrogen-bond donors (Lipinski definition) is 0. The highest BCUT2D eigenvalue weighted by Gasteiger charge is 1.80. The van der Waals surface area contributed by atoms with E-state index >= 15 is 0 Å². The van der Waals surface area contributed by atoms with E-state index in [1.807, 2.05) is 6.92 Å². The highest BCUT2D eigenvalue weighted by molar-refractivity contribution is 9.10. The van der Waals surface area contributed by atoms with Gasteiger partial charge in [0.25, 0.3) is 0 Å². The van der Waals surface area contributed by atoms with Crippen LogP contribution in [0.15, 0.2) is 0 Å². The summed E-state index contributed by atoms with van der Waals surface area (Å²) in [6, 6.07) is 0. The van der Waals surface area contributed by atoms with Crippen LogP contribution in [0.1, 0.15) is 6.92 Å². The Balaban J connectivity index is 2.83. The summed E-state index contributed by atoms with van der Waals surface area (Å²) in [5.74, 6) is 0. The van der Waals surface area contributed by atoms with Crippen molar-refractivity contribution >= 4 is 33.5 Å². The van der Waals surface area contributed by atoms with E-state index in [1.54, 1.807) is 0 Å². The van der Waals surface area contributed by atoms with Gasteiger partial charge in [0.2, 0.25) is 0 Å². The highest BCUT2D eigenvalue weighted by atomic mass is 79.9. The van der Waals surface area contributed by atoms with Gasteiger partial charge in [0.15, 0.2) is 0 Å². The SMILES string of the molecule is CC(Br)[C]=S. The summed E-state index contributed by atoms with van der Waals surface area (Å²) in [6.45, 7) is 1.92. The Morgan fingerprint density at radius 2 is 2.20 bits per heavy atom. The molecule has 0 saturated heterocycles. The fourth-order valence-electron chi connectivity index (χ4n) is 0. The lowest BCUT2D eigenvalue weighted by molar-refractivity contribution is 1.40. The van der Waals surface area contributed by atoms with Crippen molar-refractivity contribution in [1.82, 2.24) is 0 Å². The van der Waals surface area contributed by atoms with Crippen LogP contribution in [0.25, 0.3) is 0 Å². The number of thiocarbonyl (C=S) groups is 1. The first-order chi connectivity index (χ1) is 2.27. The lowest BCUT2D eigenvalue weighted by atomic mass is 10.6. The summed E-state index contributed by atoms with van der Waals surface area (Å²) in [5.41, 5.74) is 0. The van der Waals surface area contributed by atoms with Crippen molar-refractivity contribution < 1.29 is 0 Å². The van der Waals surface area contributed by atoms with Crippen LogP contribution in [0.5, 0.6) is 0 Å². The van der Waals surface area contributed by atoms with Gasteiger partial charge in [-0.25, -0.2) is 0 Å². The highest BCUT2D eigenvalue weighted by Crippen LogP contribution is 1.89. The lowest BCUT2D eigenvalue weighted by Crippen LogP contribution is -1.83. The van der Waals surface area contributed by atoms with Gasteiger partial charge in [0.1, 0.15) is 0 Å². The first-order valence-electron chi connectivity index (χ1n) is 1.29. The zero-order valence-electron chi connectivity index (χ0n) is 2.86. The van der Waals surface area contributed by atoms with Crippen molar-refractivity contribution in [3.05, 3.63) is 0 Å². The quantitative estimate of drug-likeness (QED) is 0.406. The summed E-state index contributed by atoms with van der Waals surface area (Å²) < 4.78 is 0. The smallest absolute Gasteiger partial charge is 0.0480 e.